The summed E-state index contributed by atoms with van der Waals surface area (Å²) in [5, 5.41) is 14.1. The number of rotatable bonds is 8. The Hall–Kier alpha value is -1.66. The third-order valence-corrected chi connectivity index (χ3v) is 2.31. The second-order valence-corrected chi connectivity index (χ2v) is 3.79. The highest BCUT2D eigenvalue weighted by molar-refractivity contribution is 5.48. The molecule has 0 spiro atoms. The van der Waals surface area contributed by atoms with Crippen LogP contribution in [0.4, 0.5) is 5.69 Å². The molecule has 18 heavy (non-hydrogen) atoms. The average Bonchev–Trinajstić information content (AvgIpc) is 2.36. The molecule has 0 fully saturated rings. The van der Waals surface area contributed by atoms with E-state index in [2.05, 4.69) is 12.2 Å². The monoisotopic (exact) mass is 254 g/mol. The first-order valence-electron chi connectivity index (χ1n) is 5.78. The Bertz CT molecular complexity index is 396. The molecule has 0 saturated carbocycles. The molecule has 1 N–H and O–H groups in total. The van der Waals surface area contributed by atoms with E-state index in [1.807, 2.05) is 0 Å². The Morgan fingerprint density at radius 2 is 2.22 bits per heavy atom. The number of nitrogens with one attached hydrogen (secondary N) is 1. The van der Waals surface area contributed by atoms with E-state index in [4.69, 9.17) is 9.47 Å². The maximum Gasteiger partial charge on any atom is 0.311 e. The third-order valence-electron chi connectivity index (χ3n) is 2.31. The summed E-state index contributed by atoms with van der Waals surface area (Å²) in [6.45, 7) is 3.64. The molecule has 0 aliphatic rings. The van der Waals surface area contributed by atoms with Crippen molar-refractivity contribution in [2.24, 2.45) is 0 Å². The Kier molecular flexibility index (Phi) is 6.10. The van der Waals surface area contributed by atoms with E-state index in [-0.39, 0.29) is 18.2 Å². The molecule has 6 heteroatoms. The highest BCUT2D eigenvalue weighted by Crippen LogP contribution is 2.27. The van der Waals surface area contributed by atoms with Gasteiger partial charge < -0.3 is 14.8 Å². The first-order chi connectivity index (χ1) is 8.69. The predicted molar refractivity (Wildman–Crippen MR) is 67.6 cm³/mol. The standard InChI is InChI=1S/C12H18N2O4/c1-3-6-13-8-10-4-5-11(14(15)16)12(7-10)18-9-17-2/h4-5,7,13H,3,6,8-9H2,1-2H3. The first kappa shape index (κ1) is 14.4. The quantitative estimate of drug-likeness (QED) is 0.333. The van der Waals surface area contributed by atoms with E-state index < -0.39 is 4.92 Å². The Morgan fingerprint density at radius 3 is 2.83 bits per heavy atom. The fourth-order valence-corrected chi connectivity index (χ4v) is 1.47. The smallest absolute Gasteiger partial charge is 0.311 e. The molecule has 0 aromatic heterocycles. The van der Waals surface area contributed by atoms with Crippen molar-refractivity contribution in [1.82, 2.24) is 5.32 Å². The number of nitro groups is 1. The van der Waals surface area contributed by atoms with Gasteiger partial charge in [-0.15, -0.1) is 0 Å². The van der Waals surface area contributed by atoms with E-state index in [1.54, 1.807) is 12.1 Å². The highest BCUT2D eigenvalue weighted by atomic mass is 16.7. The molecule has 0 amide bonds. The Balaban J connectivity index is 2.80. The van der Waals surface area contributed by atoms with E-state index in [0.29, 0.717) is 6.54 Å². The number of nitro benzene ring substituents is 1. The molecule has 0 bridgehead atoms. The molecule has 0 radical (unpaired) electrons. The van der Waals surface area contributed by atoms with Gasteiger partial charge in [-0.2, -0.15) is 0 Å². The fraction of sp³-hybridized carbons (Fsp3) is 0.500. The summed E-state index contributed by atoms with van der Waals surface area (Å²) in [5.41, 5.74) is 0.895. The molecule has 0 aliphatic heterocycles. The fourth-order valence-electron chi connectivity index (χ4n) is 1.47. The summed E-state index contributed by atoms with van der Waals surface area (Å²) in [7, 11) is 1.47. The molecule has 6 nitrogen and oxygen atoms in total. The van der Waals surface area contributed by atoms with Gasteiger partial charge in [-0.1, -0.05) is 13.0 Å². The summed E-state index contributed by atoms with van der Waals surface area (Å²) in [6, 6.07) is 4.84. The lowest BCUT2D eigenvalue weighted by Gasteiger charge is -2.08. The first-order valence-corrected chi connectivity index (χ1v) is 5.78. The zero-order valence-corrected chi connectivity index (χ0v) is 10.6. The topological polar surface area (TPSA) is 73.6 Å². The van der Waals surface area contributed by atoms with Crippen molar-refractivity contribution in [3.05, 3.63) is 33.9 Å². The van der Waals surface area contributed by atoms with Gasteiger partial charge in [0.15, 0.2) is 12.5 Å². The minimum atomic E-state index is -0.464. The molecule has 0 aliphatic carbocycles. The van der Waals surface area contributed by atoms with Crippen molar-refractivity contribution in [2.45, 2.75) is 19.9 Å². The van der Waals surface area contributed by atoms with Gasteiger partial charge in [0.2, 0.25) is 0 Å². The van der Waals surface area contributed by atoms with Crippen LogP contribution in [-0.2, 0) is 11.3 Å². The van der Waals surface area contributed by atoms with E-state index in [1.165, 1.54) is 13.2 Å². The van der Waals surface area contributed by atoms with Gasteiger partial charge in [0.1, 0.15) is 0 Å². The number of benzene rings is 1. The zero-order valence-electron chi connectivity index (χ0n) is 10.6. The van der Waals surface area contributed by atoms with Crippen LogP contribution in [0.15, 0.2) is 18.2 Å². The van der Waals surface area contributed by atoms with Crippen LogP contribution in [0, 0.1) is 10.1 Å². The van der Waals surface area contributed by atoms with Crippen molar-refractivity contribution >= 4 is 5.69 Å². The molecule has 1 rings (SSSR count). The Labute approximate surface area is 106 Å². The minimum absolute atomic E-state index is 0.00726. The third kappa shape index (κ3) is 4.31. The summed E-state index contributed by atoms with van der Waals surface area (Å²) in [4.78, 5) is 10.4. The lowest BCUT2D eigenvalue weighted by Crippen LogP contribution is -2.14. The van der Waals surface area contributed by atoms with E-state index in [0.717, 1.165) is 18.5 Å². The molecule has 0 unspecified atom stereocenters. The lowest BCUT2D eigenvalue weighted by atomic mass is 10.2. The van der Waals surface area contributed by atoms with Crippen LogP contribution in [0.3, 0.4) is 0 Å². The van der Waals surface area contributed by atoms with Crippen molar-refractivity contribution < 1.29 is 14.4 Å². The summed E-state index contributed by atoms with van der Waals surface area (Å²) >= 11 is 0. The van der Waals surface area contributed by atoms with Gasteiger partial charge in [-0.3, -0.25) is 10.1 Å². The molecule has 0 saturated heterocycles. The second kappa shape index (κ2) is 7.62. The lowest BCUT2D eigenvalue weighted by molar-refractivity contribution is -0.386. The van der Waals surface area contributed by atoms with Crippen LogP contribution in [0.1, 0.15) is 18.9 Å². The van der Waals surface area contributed by atoms with Crippen LogP contribution in [0.5, 0.6) is 5.75 Å². The summed E-state index contributed by atoms with van der Waals surface area (Å²) in [5.74, 6) is 0.234. The maximum absolute atomic E-state index is 10.8. The average molecular weight is 254 g/mol. The number of ether oxygens (including phenoxy) is 2. The predicted octanol–water partition coefficient (Wildman–Crippen LogP) is 2.08. The summed E-state index contributed by atoms with van der Waals surface area (Å²) < 4.78 is 9.96. The van der Waals surface area contributed by atoms with Crippen LogP contribution in [0.25, 0.3) is 0 Å². The van der Waals surface area contributed by atoms with Crippen LogP contribution < -0.4 is 10.1 Å². The zero-order chi connectivity index (χ0) is 13.4. The molecule has 1 aromatic rings. The number of methoxy groups -OCH3 is 1. The molecule has 100 valence electrons. The number of nitrogens with zero attached hydrogens (tertiary/aromatic N) is 1. The van der Waals surface area contributed by atoms with Gasteiger partial charge in [-0.25, -0.2) is 0 Å². The molecular formula is C12H18N2O4. The molecule has 0 heterocycles. The van der Waals surface area contributed by atoms with E-state index >= 15 is 0 Å². The van der Waals surface area contributed by atoms with Gasteiger partial charge >= 0.3 is 5.69 Å². The molecule has 1 aromatic carbocycles. The maximum atomic E-state index is 10.8. The van der Waals surface area contributed by atoms with Crippen LogP contribution >= 0.6 is 0 Å². The largest absolute Gasteiger partial charge is 0.460 e. The highest BCUT2D eigenvalue weighted by Gasteiger charge is 2.15. The van der Waals surface area contributed by atoms with Gasteiger partial charge in [0.25, 0.3) is 0 Å². The number of hydrogen-bond donors (Lipinski definition) is 1. The number of hydrogen-bond acceptors (Lipinski definition) is 5. The van der Waals surface area contributed by atoms with Crippen molar-refractivity contribution in [2.75, 3.05) is 20.4 Å². The van der Waals surface area contributed by atoms with Crippen molar-refractivity contribution in [1.29, 1.82) is 0 Å². The van der Waals surface area contributed by atoms with Crippen molar-refractivity contribution in [3.8, 4) is 5.75 Å². The van der Waals surface area contributed by atoms with Crippen LogP contribution in [0.2, 0.25) is 0 Å². The SMILES string of the molecule is CCCNCc1ccc([N+](=O)[O-])c(OCOC)c1. The molecular weight excluding hydrogens is 236 g/mol. The van der Waals surface area contributed by atoms with Gasteiger partial charge in [0.05, 0.1) is 4.92 Å². The van der Waals surface area contributed by atoms with Crippen LogP contribution in [-0.4, -0.2) is 25.4 Å². The Morgan fingerprint density at radius 1 is 1.44 bits per heavy atom. The molecule has 0 atom stereocenters. The minimum Gasteiger partial charge on any atom is -0.460 e. The normalized spacial score (nSPS) is 10.3. The van der Waals surface area contributed by atoms with E-state index in [9.17, 15) is 10.1 Å². The van der Waals surface area contributed by atoms with Gasteiger partial charge in [-0.05, 0) is 24.6 Å². The van der Waals surface area contributed by atoms with Gasteiger partial charge in [0, 0.05) is 19.7 Å². The second-order valence-electron chi connectivity index (χ2n) is 3.79. The van der Waals surface area contributed by atoms with Crippen molar-refractivity contribution in [3.63, 3.8) is 0 Å². The summed E-state index contributed by atoms with van der Waals surface area (Å²) in [6.07, 6.45) is 1.04.